The first-order valence-electron chi connectivity index (χ1n) is 12.2. The van der Waals surface area contributed by atoms with Gasteiger partial charge in [0.2, 0.25) is 0 Å². The van der Waals surface area contributed by atoms with Crippen molar-refractivity contribution in [2.75, 3.05) is 4.90 Å². The van der Waals surface area contributed by atoms with Crippen LogP contribution in [-0.2, 0) is 22.8 Å². The number of benzene rings is 4. The summed E-state index contributed by atoms with van der Waals surface area (Å²) >= 11 is 6.85. The summed E-state index contributed by atoms with van der Waals surface area (Å²) in [5, 5.41) is 2.26. The number of hydrogen-bond donors (Lipinski definition) is 1. The molecule has 5 rings (SSSR count). The molecule has 0 aliphatic carbocycles. The fraction of sp³-hybridized carbons (Fsp3) is 0.0645. The Hall–Kier alpha value is -4.21. The Balaban J connectivity index is 1.36. The number of imide groups is 2. The number of carbonyl (C=O) groups excluding carboxylic acids is 3. The van der Waals surface area contributed by atoms with Crippen LogP contribution in [0.3, 0.4) is 0 Å². The Morgan fingerprint density at radius 2 is 1.38 bits per heavy atom. The third-order valence-electron chi connectivity index (χ3n) is 6.02. The van der Waals surface area contributed by atoms with E-state index in [9.17, 15) is 14.4 Å². The summed E-state index contributed by atoms with van der Waals surface area (Å²) in [4.78, 5) is 39.8. The molecule has 4 aromatic carbocycles. The minimum atomic E-state index is -0.828. The van der Waals surface area contributed by atoms with Crippen LogP contribution < -0.4 is 19.7 Å². The smallest absolute Gasteiger partial charge is 0.335 e. The van der Waals surface area contributed by atoms with Crippen molar-refractivity contribution in [1.29, 1.82) is 0 Å². The number of nitrogens with zero attached hydrogens (tertiary/aromatic N) is 1. The van der Waals surface area contributed by atoms with Gasteiger partial charge in [0.15, 0.2) is 0 Å². The molecule has 1 N–H and O–H groups in total. The van der Waals surface area contributed by atoms with E-state index in [1.807, 2.05) is 54.6 Å². The molecular formula is C31H22Br2N2O5. The molecule has 0 bridgehead atoms. The van der Waals surface area contributed by atoms with Crippen molar-refractivity contribution in [3.05, 3.63) is 128 Å². The van der Waals surface area contributed by atoms with Crippen LogP contribution in [0.2, 0.25) is 0 Å². The van der Waals surface area contributed by atoms with E-state index in [-0.39, 0.29) is 12.2 Å². The maximum atomic E-state index is 13.4. The second-order valence-corrected chi connectivity index (χ2v) is 10.7. The first kappa shape index (κ1) is 27.4. The predicted molar refractivity (Wildman–Crippen MR) is 159 cm³/mol. The van der Waals surface area contributed by atoms with Crippen LogP contribution in [0.1, 0.15) is 16.7 Å². The molecule has 4 aromatic rings. The van der Waals surface area contributed by atoms with Gasteiger partial charge in [-0.1, -0.05) is 74.3 Å². The Kier molecular flexibility index (Phi) is 8.42. The lowest BCUT2D eigenvalue weighted by Gasteiger charge is -2.26. The number of urea groups is 1. The average molecular weight is 662 g/mol. The normalized spacial score (nSPS) is 14.3. The number of halogens is 2. The van der Waals surface area contributed by atoms with Crippen molar-refractivity contribution in [2.24, 2.45) is 0 Å². The molecule has 0 saturated carbocycles. The number of hydrogen-bond acceptors (Lipinski definition) is 5. The molecule has 1 fully saturated rings. The lowest BCUT2D eigenvalue weighted by Crippen LogP contribution is -2.54. The van der Waals surface area contributed by atoms with Crippen LogP contribution in [0.4, 0.5) is 10.5 Å². The van der Waals surface area contributed by atoms with E-state index in [4.69, 9.17) is 9.47 Å². The van der Waals surface area contributed by atoms with E-state index in [0.29, 0.717) is 29.4 Å². The van der Waals surface area contributed by atoms with E-state index in [2.05, 4.69) is 37.2 Å². The number of ether oxygens (including phenoxy) is 2. The van der Waals surface area contributed by atoms with E-state index in [0.717, 1.165) is 25.0 Å². The zero-order valence-corrected chi connectivity index (χ0v) is 24.1. The monoisotopic (exact) mass is 660 g/mol. The van der Waals surface area contributed by atoms with E-state index in [1.54, 1.807) is 42.5 Å². The highest BCUT2D eigenvalue weighted by molar-refractivity contribution is 9.10. The second kappa shape index (κ2) is 12.3. The summed E-state index contributed by atoms with van der Waals surface area (Å²) in [5.74, 6) is -0.480. The Morgan fingerprint density at radius 1 is 0.725 bits per heavy atom. The molecule has 7 nitrogen and oxygen atoms in total. The molecule has 9 heteroatoms. The first-order chi connectivity index (χ1) is 19.4. The number of anilines is 1. The zero-order valence-electron chi connectivity index (χ0n) is 21.0. The summed E-state index contributed by atoms with van der Waals surface area (Å²) in [6.45, 7) is 0.665. The van der Waals surface area contributed by atoms with Crippen molar-refractivity contribution in [3.8, 4) is 11.5 Å². The summed E-state index contributed by atoms with van der Waals surface area (Å²) in [5.41, 5.74) is 2.57. The van der Waals surface area contributed by atoms with Gasteiger partial charge in [0.25, 0.3) is 11.8 Å². The van der Waals surface area contributed by atoms with Crippen molar-refractivity contribution in [3.63, 3.8) is 0 Å². The summed E-state index contributed by atoms with van der Waals surface area (Å²) in [6.07, 6.45) is 1.43. The van der Waals surface area contributed by atoms with Gasteiger partial charge in [-0.25, -0.2) is 9.69 Å². The molecule has 1 aliphatic rings. The van der Waals surface area contributed by atoms with E-state index >= 15 is 0 Å². The van der Waals surface area contributed by atoms with Crippen LogP contribution >= 0.6 is 31.9 Å². The fourth-order valence-corrected chi connectivity index (χ4v) is 4.63. The largest absolute Gasteiger partial charge is 0.489 e. The molecule has 1 saturated heterocycles. The SMILES string of the molecule is O=C1NC(=O)N(c2ccc(OCc3ccccc3)cc2)C(=O)/C1=C/c1cc(Br)ccc1OCc1ccc(Br)cc1. The number of barbiturate groups is 1. The topological polar surface area (TPSA) is 84.9 Å². The third-order valence-corrected chi connectivity index (χ3v) is 7.05. The second-order valence-electron chi connectivity index (χ2n) is 8.82. The van der Waals surface area contributed by atoms with Gasteiger partial charge in [0.05, 0.1) is 5.69 Å². The highest BCUT2D eigenvalue weighted by Crippen LogP contribution is 2.29. The van der Waals surface area contributed by atoms with Crippen molar-refractivity contribution < 1.29 is 23.9 Å². The summed E-state index contributed by atoms with van der Waals surface area (Å²) < 4.78 is 13.5. The fourth-order valence-electron chi connectivity index (χ4n) is 3.99. The molecule has 40 heavy (non-hydrogen) atoms. The van der Waals surface area contributed by atoms with E-state index < -0.39 is 17.8 Å². The molecule has 0 radical (unpaired) electrons. The summed E-state index contributed by atoms with van der Waals surface area (Å²) in [6, 6.07) is 28.4. The van der Waals surface area contributed by atoms with Gasteiger partial charge in [0.1, 0.15) is 30.3 Å². The third kappa shape index (κ3) is 6.50. The minimum absolute atomic E-state index is 0.199. The van der Waals surface area contributed by atoms with Crippen molar-refractivity contribution >= 4 is 61.5 Å². The lowest BCUT2D eigenvalue weighted by atomic mass is 10.1. The Labute approximate surface area is 247 Å². The maximum absolute atomic E-state index is 13.4. The van der Waals surface area contributed by atoms with Crippen molar-refractivity contribution in [1.82, 2.24) is 5.32 Å². The molecule has 0 atom stereocenters. The van der Waals surface area contributed by atoms with Gasteiger partial charge in [-0.2, -0.15) is 0 Å². The highest BCUT2D eigenvalue weighted by Gasteiger charge is 2.37. The number of nitrogens with one attached hydrogen (secondary N) is 1. The van der Waals surface area contributed by atoms with Crippen LogP contribution in [0.15, 0.2) is 112 Å². The zero-order chi connectivity index (χ0) is 28.1. The molecule has 0 unspecified atom stereocenters. The van der Waals surface area contributed by atoms with Crippen molar-refractivity contribution in [2.45, 2.75) is 13.2 Å². The number of rotatable bonds is 8. The van der Waals surface area contributed by atoms with E-state index in [1.165, 1.54) is 6.08 Å². The quantitative estimate of drug-likeness (QED) is 0.162. The summed E-state index contributed by atoms with van der Waals surface area (Å²) in [7, 11) is 0. The number of amides is 4. The van der Waals surface area contributed by atoms with Gasteiger partial charge < -0.3 is 9.47 Å². The molecule has 200 valence electrons. The predicted octanol–water partition coefficient (Wildman–Crippen LogP) is 7.04. The van der Waals surface area contributed by atoms with Gasteiger partial charge in [-0.15, -0.1) is 0 Å². The lowest BCUT2D eigenvalue weighted by molar-refractivity contribution is -0.122. The van der Waals surface area contributed by atoms with Crippen LogP contribution in [0.25, 0.3) is 6.08 Å². The Bertz CT molecular complexity index is 1590. The van der Waals surface area contributed by atoms with Crippen LogP contribution in [0.5, 0.6) is 11.5 Å². The Morgan fingerprint density at radius 3 is 2.10 bits per heavy atom. The molecule has 0 spiro atoms. The molecule has 1 aliphatic heterocycles. The molecule has 1 heterocycles. The van der Waals surface area contributed by atoms with Crippen LogP contribution in [-0.4, -0.2) is 17.8 Å². The van der Waals surface area contributed by atoms with Gasteiger partial charge in [0, 0.05) is 14.5 Å². The van der Waals surface area contributed by atoms with Gasteiger partial charge >= 0.3 is 6.03 Å². The minimum Gasteiger partial charge on any atom is -0.489 e. The van der Waals surface area contributed by atoms with Crippen LogP contribution in [0, 0.1) is 0 Å². The standard InChI is InChI=1S/C31H22Br2N2O5/c32-23-8-6-21(7-9-23)19-40-28-15-10-24(33)16-22(28)17-27-29(36)34-31(38)35(30(27)37)25-11-13-26(14-12-25)39-18-20-4-2-1-3-5-20/h1-17H,18-19H2,(H,34,36,38)/b27-17+. The highest BCUT2D eigenvalue weighted by atomic mass is 79.9. The first-order valence-corrected chi connectivity index (χ1v) is 13.8. The maximum Gasteiger partial charge on any atom is 0.335 e. The molecule has 0 aromatic heterocycles. The van der Waals surface area contributed by atoms with Gasteiger partial charge in [-0.3, -0.25) is 14.9 Å². The number of carbonyl (C=O) groups is 3. The molecular weight excluding hydrogens is 640 g/mol. The molecule has 4 amide bonds. The average Bonchev–Trinajstić information content (AvgIpc) is 2.95. The van der Waals surface area contributed by atoms with Gasteiger partial charge in [-0.05, 0) is 71.8 Å².